The highest BCUT2D eigenvalue weighted by Crippen LogP contribution is 2.40. The molecule has 0 unspecified atom stereocenters. The first-order valence-electron chi connectivity index (χ1n) is 8.28. The summed E-state index contributed by atoms with van der Waals surface area (Å²) in [5.74, 6) is 3.33. The minimum Gasteiger partial charge on any atom is -0.494 e. The highest BCUT2D eigenvalue weighted by molar-refractivity contribution is 5.64. The summed E-state index contributed by atoms with van der Waals surface area (Å²) >= 11 is 0. The average Bonchev–Trinajstić information content (AvgIpc) is 3.17. The molecule has 0 aliphatic rings. The maximum atomic E-state index is 5.60. The van der Waals surface area contributed by atoms with Gasteiger partial charge in [-0.05, 0) is 19.1 Å². The van der Waals surface area contributed by atoms with E-state index in [0.29, 0.717) is 23.9 Å². The van der Waals surface area contributed by atoms with Crippen molar-refractivity contribution >= 4 is 0 Å². The maximum Gasteiger partial charge on any atom is 0.203 e. The lowest BCUT2D eigenvalue weighted by molar-refractivity contribution is 0.324. The fourth-order valence-corrected chi connectivity index (χ4v) is 2.82. The van der Waals surface area contributed by atoms with E-state index >= 15 is 0 Å². The van der Waals surface area contributed by atoms with E-state index in [1.807, 2.05) is 54.1 Å². The van der Waals surface area contributed by atoms with Gasteiger partial charge in [-0.2, -0.15) is 0 Å². The number of hydrogen-bond acceptors (Lipinski definition) is 5. The molecule has 1 heterocycles. The predicted molar refractivity (Wildman–Crippen MR) is 99.8 cm³/mol. The quantitative estimate of drug-likeness (QED) is 0.643. The molecule has 0 spiro atoms. The van der Waals surface area contributed by atoms with Gasteiger partial charge in [0, 0.05) is 30.1 Å². The SMILES string of the molecule is CCOc1cccc(-c2nccn2-c2cc(OC)c(OC)c(OC)c2)c1. The van der Waals surface area contributed by atoms with Crippen LogP contribution in [0.5, 0.6) is 23.0 Å². The van der Waals surface area contributed by atoms with Crippen molar-refractivity contribution in [1.82, 2.24) is 9.55 Å². The zero-order chi connectivity index (χ0) is 18.5. The smallest absolute Gasteiger partial charge is 0.203 e. The van der Waals surface area contributed by atoms with E-state index < -0.39 is 0 Å². The number of benzene rings is 2. The third-order valence-electron chi connectivity index (χ3n) is 3.97. The van der Waals surface area contributed by atoms with Crippen LogP contribution in [0.4, 0.5) is 0 Å². The van der Waals surface area contributed by atoms with Crippen LogP contribution < -0.4 is 18.9 Å². The second-order valence-corrected chi connectivity index (χ2v) is 5.47. The molecule has 0 saturated heterocycles. The normalized spacial score (nSPS) is 10.5. The Labute approximate surface area is 152 Å². The molecular weight excluding hydrogens is 332 g/mol. The maximum absolute atomic E-state index is 5.60. The van der Waals surface area contributed by atoms with Crippen LogP contribution in [0.1, 0.15) is 6.92 Å². The zero-order valence-electron chi connectivity index (χ0n) is 15.4. The molecule has 3 rings (SSSR count). The first-order chi connectivity index (χ1) is 12.7. The largest absolute Gasteiger partial charge is 0.494 e. The van der Waals surface area contributed by atoms with Crippen LogP contribution in [-0.2, 0) is 0 Å². The van der Waals surface area contributed by atoms with Gasteiger partial charge in [-0.25, -0.2) is 4.98 Å². The van der Waals surface area contributed by atoms with Crippen LogP contribution in [0.3, 0.4) is 0 Å². The standard InChI is InChI=1S/C20H22N2O4/c1-5-26-16-8-6-7-14(11-16)20-21-9-10-22(20)15-12-17(23-2)19(25-4)18(13-15)24-3/h6-13H,5H2,1-4H3. The van der Waals surface area contributed by atoms with Gasteiger partial charge in [0.1, 0.15) is 11.6 Å². The number of ether oxygens (including phenoxy) is 4. The predicted octanol–water partition coefficient (Wildman–Crippen LogP) is 3.96. The summed E-state index contributed by atoms with van der Waals surface area (Å²) in [5.41, 5.74) is 1.81. The number of hydrogen-bond donors (Lipinski definition) is 0. The molecule has 0 N–H and O–H groups in total. The molecule has 0 aliphatic carbocycles. The summed E-state index contributed by atoms with van der Waals surface area (Å²) in [6, 6.07) is 11.6. The van der Waals surface area contributed by atoms with E-state index in [-0.39, 0.29) is 0 Å². The summed E-state index contributed by atoms with van der Waals surface area (Å²) in [5, 5.41) is 0. The minimum atomic E-state index is 0.554. The summed E-state index contributed by atoms with van der Waals surface area (Å²) in [6.45, 7) is 2.58. The second kappa shape index (κ2) is 7.82. The van der Waals surface area contributed by atoms with Gasteiger partial charge in [0.15, 0.2) is 11.5 Å². The van der Waals surface area contributed by atoms with Crippen LogP contribution in [0.15, 0.2) is 48.8 Å². The molecule has 0 bridgehead atoms. The van der Waals surface area contributed by atoms with E-state index in [0.717, 1.165) is 22.8 Å². The number of nitrogens with zero attached hydrogens (tertiary/aromatic N) is 2. The number of rotatable bonds is 7. The molecule has 0 amide bonds. The molecule has 2 aromatic carbocycles. The van der Waals surface area contributed by atoms with E-state index in [4.69, 9.17) is 18.9 Å². The topological polar surface area (TPSA) is 54.7 Å². The van der Waals surface area contributed by atoms with Gasteiger partial charge in [0.25, 0.3) is 0 Å². The molecule has 0 fully saturated rings. The van der Waals surface area contributed by atoms with Crippen LogP contribution in [0.25, 0.3) is 17.1 Å². The molecule has 26 heavy (non-hydrogen) atoms. The van der Waals surface area contributed by atoms with Crippen molar-refractivity contribution in [2.24, 2.45) is 0 Å². The Bertz CT molecular complexity index is 864. The number of imidazole rings is 1. The van der Waals surface area contributed by atoms with Gasteiger partial charge in [-0.15, -0.1) is 0 Å². The molecule has 0 atom stereocenters. The molecule has 6 nitrogen and oxygen atoms in total. The highest BCUT2D eigenvalue weighted by atomic mass is 16.5. The molecule has 6 heteroatoms. The monoisotopic (exact) mass is 354 g/mol. The van der Waals surface area contributed by atoms with Crippen molar-refractivity contribution in [2.45, 2.75) is 6.92 Å². The summed E-state index contributed by atoms with van der Waals surface area (Å²) in [4.78, 5) is 4.51. The Kier molecular flexibility index (Phi) is 5.31. The molecule has 3 aromatic rings. The van der Waals surface area contributed by atoms with Crippen LogP contribution >= 0.6 is 0 Å². The Morgan fingerprint density at radius 3 is 2.31 bits per heavy atom. The molecule has 136 valence electrons. The van der Waals surface area contributed by atoms with Gasteiger partial charge in [0.05, 0.1) is 33.6 Å². The first-order valence-corrected chi connectivity index (χ1v) is 8.28. The second-order valence-electron chi connectivity index (χ2n) is 5.47. The Morgan fingerprint density at radius 1 is 0.962 bits per heavy atom. The van der Waals surface area contributed by atoms with E-state index in [1.54, 1.807) is 27.5 Å². The van der Waals surface area contributed by atoms with Gasteiger partial charge in [-0.1, -0.05) is 12.1 Å². The van der Waals surface area contributed by atoms with E-state index in [9.17, 15) is 0 Å². The van der Waals surface area contributed by atoms with Crippen molar-refractivity contribution in [1.29, 1.82) is 0 Å². The summed E-state index contributed by atoms with van der Waals surface area (Å²) in [7, 11) is 4.78. The number of methoxy groups -OCH3 is 3. The van der Waals surface area contributed by atoms with Gasteiger partial charge in [-0.3, -0.25) is 4.57 Å². The fraction of sp³-hybridized carbons (Fsp3) is 0.250. The molecule has 1 aromatic heterocycles. The Morgan fingerprint density at radius 2 is 1.69 bits per heavy atom. The number of aromatic nitrogens is 2. The average molecular weight is 354 g/mol. The molecule has 0 saturated carbocycles. The third kappa shape index (κ3) is 3.31. The van der Waals surface area contributed by atoms with E-state index in [1.165, 1.54) is 0 Å². The van der Waals surface area contributed by atoms with Crippen LogP contribution in [0, 0.1) is 0 Å². The first kappa shape index (κ1) is 17.7. The fourth-order valence-electron chi connectivity index (χ4n) is 2.82. The van der Waals surface area contributed by atoms with E-state index in [2.05, 4.69) is 4.98 Å². The summed E-state index contributed by atoms with van der Waals surface area (Å²) < 4.78 is 23.9. The Hall–Kier alpha value is -3.15. The van der Waals surface area contributed by atoms with Crippen LogP contribution in [-0.4, -0.2) is 37.5 Å². The Balaban J connectivity index is 2.10. The van der Waals surface area contributed by atoms with Crippen molar-refractivity contribution in [2.75, 3.05) is 27.9 Å². The third-order valence-corrected chi connectivity index (χ3v) is 3.97. The van der Waals surface area contributed by atoms with Crippen molar-refractivity contribution in [3.8, 4) is 40.1 Å². The lowest BCUT2D eigenvalue weighted by Gasteiger charge is -2.16. The zero-order valence-corrected chi connectivity index (χ0v) is 15.4. The van der Waals surface area contributed by atoms with Gasteiger partial charge >= 0.3 is 0 Å². The van der Waals surface area contributed by atoms with Crippen molar-refractivity contribution in [3.05, 3.63) is 48.8 Å². The van der Waals surface area contributed by atoms with Crippen molar-refractivity contribution in [3.63, 3.8) is 0 Å². The van der Waals surface area contributed by atoms with Gasteiger partial charge < -0.3 is 18.9 Å². The molecular formula is C20H22N2O4. The molecule has 0 aliphatic heterocycles. The highest BCUT2D eigenvalue weighted by Gasteiger charge is 2.16. The lowest BCUT2D eigenvalue weighted by atomic mass is 10.2. The van der Waals surface area contributed by atoms with Crippen molar-refractivity contribution < 1.29 is 18.9 Å². The summed E-state index contributed by atoms with van der Waals surface area (Å²) in [6.07, 6.45) is 3.65. The minimum absolute atomic E-state index is 0.554. The molecule has 0 radical (unpaired) electrons. The van der Waals surface area contributed by atoms with Crippen LogP contribution in [0.2, 0.25) is 0 Å². The van der Waals surface area contributed by atoms with Gasteiger partial charge in [0.2, 0.25) is 5.75 Å². The lowest BCUT2D eigenvalue weighted by Crippen LogP contribution is -2.01.